The molecule has 0 spiro atoms. The minimum Gasteiger partial charge on any atom is -0.466 e. The zero-order valence-corrected chi connectivity index (χ0v) is 35.6. The maximum atomic E-state index is 12.0. The van der Waals surface area contributed by atoms with Crippen LogP contribution < -0.4 is 0 Å². The first kappa shape index (κ1) is 50.2. The van der Waals surface area contributed by atoms with Crippen molar-refractivity contribution in [2.45, 2.75) is 290 Å². The van der Waals surface area contributed by atoms with Gasteiger partial charge >= 0.3 is 5.97 Å². The summed E-state index contributed by atoms with van der Waals surface area (Å²) in [6.07, 6.45) is 63.4. The zero-order valence-electron chi connectivity index (χ0n) is 35.6. The monoisotopic (exact) mass is 717 g/mol. The van der Waals surface area contributed by atoms with Gasteiger partial charge in [0.2, 0.25) is 0 Å². The molecule has 0 N–H and O–H groups in total. The van der Waals surface area contributed by atoms with Crippen molar-refractivity contribution in [3.63, 3.8) is 0 Å². The molecule has 0 aliphatic rings. The fourth-order valence-electron chi connectivity index (χ4n) is 7.55. The van der Waals surface area contributed by atoms with Gasteiger partial charge in [0.05, 0.1) is 6.61 Å². The minimum absolute atomic E-state index is 0.0255. The van der Waals surface area contributed by atoms with Crippen LogP contribution in [0.25, 0.3) is 0 Å². The summed E-state index contributed by atoms with van der Waals surface area (Å²) in [6, 6.07) is 0. The third-order valence-electron chi connectivity index (χ3n) is 11.2. The summed E-state index contributed by atoms with van der Waals surface area (Å²) in [5.74, 6) is 0.0255. The number of rotatable bonds is 45. The number of hydrogen-bond acceptors (Lipinski definition) is 2. The van der Waals surface area contributed by atoms with Crippen LogP contribution >= 0.6 is 0 Å². The fourth-order valence-corrected chi connectivity index (χ4v) is 7.55. The van der Waals surface area contributed by atoms with E-state index in [1.807, 2.05) is 0 Å². The second kappa shape index (κ2) is 47.2. The Balaban J connectivity index is 3.16. The van der Waals surface area contributed by atoms with Crippen LogP contribution in [0.4, 0.5) is 0 Å². The molecule has 0 radical (unpaired) electrons. The van der Waals surface area contributed by atoms with Gasteiger partial charge in [0.1, 0.15) is 0 Å². The van der Waals surface area contributed by atoms with Gasteiger partial charge in [-0.15, -0.1) is 0 Å². The molecule has 0 unspecified atom stereocenters. The molecule has 0 aromatic rings. The molecular weight excluding hydrogens is 621 g/mol. The maximum absolute atomic E-state index is 12.0. The molecule has 0 fully saturated rings. The Kier molecular flexibility index (Phi) is 46.5. The Morgan fingerprint density at radius 3 is 0.843 bits per heavy atom. The molecule has 0 aliphatic carbocycles. The fraction of sp³-hybridized carbons (Fsp3) is 0.939. The minimum atomic E-state index is 0.0255. The normalized spacial score (nSPS) is 11.6. The molecule has 2 nitrogen and oxygen atoms in total. The van der Waals surface area contributed by atoms with Crippen LogP contribution in [-0.4, -0.2) is 12.6 Å². The number of hydrogen-bond donors (Lipinski definition) is 0. The van der Waals surface area contributed by atoms with E-state index < -0.39 is 0 Å². The van der Waals surface area contributed by atoms with Gasteiger partial charge in [-0.25, -0.2) is 0 Å². The van der Waals surface area contributed by atoms with Crippen LogP contribution in [-0.2, 0) is 9.53 Å². The van der Waals surface area contributed by atoms with Gasteiger partial charge in [-0.3, -0.25) is 4.79 Å². The Morgan fingerprint density at radius 1 is 0.314 bits per heavy atom. The average Bonchev–Trinajstić information content (AvgIpc) is 3.14. The number of carbonyl (C=O) groups excluding carboxylic acids is 1. The van der Waals surface area contributed by atoms with E-state index in [2.05, 4.69) is 26.0 Å². The average molecular weight is 717 g/mol. The lowest BCUT2D eigenvalue weighted by Gasteiger charge is -2.06. The topological polar surface area (TPSA) is 26.3 Å². The van der Waals surface area contributed by atoms with E-state index in [0.29, 0.717) is 13.0 Å². The third kappa shape index (κ3) is 47.2. The van der Waals surface area contributed by atoms with Gasteiger partial charge in [-0.2, -0.15) is 0 Å². The molecule has 0 saturated carbocycles. The summed E-state index contributed by atoms with van der Waals surface area (Å²) < 4.78 is 5.47. The molecular formula is C49H96O2. The first-order valence-corrected chi connectivity index (χ1v) is 24.1. The van der Waals surface area contributed by atoms with Crippen molar-refractivity contribution in [3.8, 4) is 0 Å². The SMILES string of the molecule is CCCCCCCC/C=C\CCCCCCCCOC(=O)CCCCCCCCCCCCCCCCCCCCCCCCCCCCCC. The van der Waals surface area contributed by atoms with Gasteiger partial charge in [-0.05, 0) is 38.5 Å². The molecule has 0 aromatic heterocycles. The Hall–Kier alpha value is -0.790. The summed E-state index contributed by atoms with van der Waals surface area (Å²) in [6.45, 7) is 5.21. The number of carbonyl (C=O) groups is 1. The van der Waals surface area contributed by atoms with Crippen molar-refractivity contribution in [3.05, 3.63) is 12.2 Å². The third-order valence-corrected chi connectivity index (χ3v) is 11.2. The van der Waals surface area contributed by atoms with E-state index in [0.717, 1.165) is 12.8 Å². The Bertz CT molecular complexity index is 655. The molecule has 304 valence electrons. The lowest BCUT2D eigenvalue weighted by Crippen LogP contribution is -2.05. The van der Waals surface area contributed by atoms with E-state index in [1.165, 1.54) is 257 Å². The number of esters is 1. The molecule has 0 aliphatic heterocycles. The molecule has 2 heteroatoms. The van der Waals surface area contributed by atoms with Crippen LogP contribution in [0.15, 0.2) is 12.2 Å². The summed E-state index contributed by atoms with van der Waals surface area (Å²) in [7, 11) is 0. The van der Waals surface area contributed by atoms with Gasteiger partial charge in [0.15, 0.2) is 0 Å². The maximum Gasteiger partial charge on any atom is 0.305 e. The van der Waals surface area contributed by atoms with E-state index in [-0.39, 0.29) is 5.97 Å². The highest BCUT2D eigenvalue weighted by atomic mass is 16.5. The van der Waals surface area contributed by atoms with Gasteiger partial charge in [0.25, 0.3) is 0 Å². The van der Waals surface area contributed by atoms with Crippen molar-refractivity contribution in [1.29, 1.82) is 0 Å². The summed E-state index contributed by atoms with van der Waals surface area (Å²) in [5, 5.41) is 0. The van der Waals surface area contributed by atoms with E-state index in [4.69, 9.17) is 4.74 Å². The van der Waals surface area contributed by atoms with Gasteiger partial charge < -0.3 is 4.74 Å². The van der Waals surface area contributed by atoms with E-state index in [9.17, 15) is 4.79 Å². The van der Waals surface area contributed by atoms with Crippen LogP contribution in [0.2, 0.25) is 0 Å². The van der Waals surface area contributed by atoms with Crippen molar-refractivity contribution in [2.24, 2.45) is 0 Å². The first-order valence-electron chi connectivity index (χ1n) is 24.1. The largest absolute Gasteiger partial charge is 0.466 e. The second-order valence-corrected chi connectivity index (χ2v) is 16.5. The van der Waals surface area contributed by atoms with Crippen molar-refractivity contribution < 1.29 is 9.53 Å². The zero-order chi connectivity index (χ0) is 36.8. The van der Waals surface area contributed by atoms with E-state index in [1.54, 1.807) is 0 Å². The molecule has 0 bridgehead atoms. The predicted octanol–water partition coefficient (Wildman–Crippen LogP) is 17.9. The number of ether oxygens (including phenoxy) is 1. The molecule has 0 aromatic carbocycles. The van der Waals surface area contributed by atoms with Gasteiger partial charge in [0, 0.05) is 6.42 Å². The summed E-state index contributed by atoms with van der Waals surface area (Å²) >= 11 is 0. The Labute approximate surface area is 323 Å². The summed E-state index contributed by atoms with van der Waals surface area (Å²) in [5.41, 5.74) is 0. The van der Waals surface area contributed by atoms with E-state index >= 15 is 0 Å². The van der Waals surface area contributed by atoms with Crippen LogP contribution in [0.3, 0.4) is 0 Å². The lowest BCUT2D eigenvalue weighted by atomic mass is 10.0. The van der Waals surface area contributed by atoms with Crippen LogP contribution in [0, 0.1) is 0 Å². The molecule has 51 heavy (non-hydrogen) atoms. The first-order chi connectivity index (χ1) is 25.3. The molecule has 0 atom stereocenters. The van der Waals surface area contributed by atoms with Crippen molar-refractivity contribution >= 4 is 5.97 Å². The smallest absolute Gasteiger partial charge is 0.305 e. The highest BCUT2D eigenvalue weighted by Gasteiger charge is 2.03. The van der Waals surface area contributed by atoms with Crippen LogP contribution in [0.5, 0.6) is 0 Å². The molecule has 0 heterocycles. The highest BCUT2D eigenvalue weighted by molar-refractivity contribution is 5.69. The predicted molar refractivity (Wildman–Crippen MR) is 230 cm³/mol. The molecule has 0 saturated heterocycles. The standard InChI is InChI=1S/C49H96O2/c1-3-5-7-9-11-13-15-17-19-21-22-23-24-25-26-27-28-29-30-31-32-33-35-37-39-41-43-45-47-49(50)51-48-46-44-42-40-38-36-34-20-18-16-14-12-10-8-6-4-2/h18,20H,3-17,19,21-48H2,1-2H3/b20-18-. The number of unbranched alkanes of at least 4 members (excludes halogenated alkanes) is 39. The highest BCUT2D eigenvalue weighted by Crippen LogP contribution is 2.17. The van der Waals surface area contributed by atoms with Crippen LogP contribution in [0.1, 0.15) is 290 Å². The van der Waals surface area contributed by atoms with Crippen molar-refractivity contribution in [2.75, 3.05) is 6.61 Å². The Morgan fingerprint density at radius 2 is 0.549 bits per heavy atom. The van der Waals surface area contributed by atoms with Gasteiger partial charge in [-0.1, -0.05) is 257 Å². The van der Waals surface area contributed by atoms with Crippen molar-refractivity contribution in [1.82, 2.24) is 0 Å². The summed E-state index contributed by atoms with van der Waals surface area (Å²) in [4.78, 5) is 12.0. The molecule has 0 amide bonds. The lowest BCUT2D eigenvalue weighted by molar-refractivity contribution is -0.143. The second-order valence-electron chi connectivity index (χ2n) is 16.5. The number of allylic oxidation sites excluding steroid dienone is 2. The quantitative estimate of drug-likeness (QED) is 0.0356. The molecule has 0 rings (SSSR count).